The molecule has 0 bridgehead atoms. The Bertz CT molecular complexity index is 556. The van der Waals surface area contributed by atoms with Crippen molar-refractivity contribution in [1.29, 1.82) is 0 Å². The SMILES string of the molecule is CC(=O)NCC(=O)Nc1ccc(C)cc1C#CCCO. The number of benzene rings is 1. The molecule has 20 heavy (non-hydrogen) atoms. The average molecular weight is 274 g/mol. The Morgan fingerprint density at radius 2 is 2.10 bits per heavy atom. The van der Waals surface area contributed by atoms with Gasteiger partial charge in [0.05, 0.1) is 18.8 Å². The van der Waals surface area contributed by atoms with E-state index in [1.165, 1.54) is 6.92 Å². The van der Waals surface area contributed by atoms with Gasteiger partial charge in [0, 0.05) is 18.9 Å². The summed E-state index contributed by atoms with van der Waals surface area (Å²) in [7, 11) is 0. The summed E-state index contributed by atoms with van der Waals surface area (Å²) in [6, 6.07) is 5.49. The van der Waals surface area contributed by atoms with E-state index >= 15 is 0 Å². The molecule has 106 valence electrons. The highest BCUT2D eigenvalue weighted by Crippen LogP contribution is 2.16. The lowest BCUT2D eigenvalue weighted by Gasteiger charge is -2.08. The van der Waals surface area contributed by atoms with Crippen LogP contribution in [0.4, 0.5) is 5.69 Å². The molecule has 5 heteroatoms. The van der Waals surface area contributed by atoms with E-state index in [1.54, 1.807) is 6.07 Å². The fourth-order valence-electron chi connectivity index (χ4n) is 1.48. The van der Waals surface area contributed by atoms with E-state index in [2.05, 4.69) is 22.5 Å². The first kappa shape index (κ1) is 15.7. The summed E-state index contributed by atoms with van der Waals surface area (Å²) in [5.41, 5.74) is 2.31. The Hall–Kier alpha value is -2.32. The van der Waals surface area contributed by atoms with E-state index in [4.69, 9.17) is 5.11 Å². The van der Waals surface area contributed by atoms with Crippen LogP contribution in [-0.2, 0) is 9.59 Å². The lowest BCUT2D eigenvalue weighted by molar-refractivity contribution is -0.122. The van der Waals surface area contributed by atoms with Gasteiger partial charge in [-0.1, -0.05) is 17.9 Å². The normalized spacial score (nSPS) is 9.35. The fraction of sp³-hybridized carbons (Fsp3) is 0.333. The first-order chi connectivity index (χ1) is 9.52. The smallest absolute Gasteiger partial charge is 0.243 e. The summed E-state index contributed by atoms with van der Waals surface area (Å²) in [5, 5.41) is 13.9. The first-order valence-corrected chi connectivity index (χ1v) is 6.27. The zero-order valence-electron chi connectivity index (χ0n) is 11.6. The van der Waals surface area contributed by atoms with Crippen molar-refractivity contribution < 1.29 is 14.7 Å². The Labute approximate surface area is 118 Å². The van der Waals surface area contributed by atoms with Crippen LogP contribution in [0.3, 0.4) is 0 Å². The second-order valence-electron chi connectivity index (χ2n) is 4.28. The zero-order chi connectivity index (χ0) is 15.0. The third kappa shape index (κ3) is 5.55. The molecule has 0 aliphatic rings. The van der Waals surface area contributed by atoms with Crippen molar-refractivity contribution in [2.75, 3.05) is 18.5 Å². The Morgan fingerprint density at radius 3 is 2.75 bits per heavy atom. The number of hydrogen-bond donors (Lipinski definition) is 3. The van der Waals surface area contributed by atoms with E-state index in [0.717, 1.165) is 5.56 Å². The molecule has 0 unspecified atom stereocenters. The molecule has 1 aromatic carbocycles. The molecule has 0 atom stereocenters. The highest BCUT2D eigenvalue weighted by Gasteiger charge is 2.06. The summed E-state index contributed by atoms with van der Waals surface area (Å²) in [5.74, 6) is 5.17. The van der Waals surface area contributed by atoms with Crippen LogP contribution in [0.2, 0.25) is 0 Å². The molecular formula is C15H18N2O3. The van der Waals surface area contributed by atoms with Gasteiger partial charge in [-0.05, 0) is 24.6 Å². The van der Waals surface area contributed by atoms with Gasteiger partial charge in [0.1, 0.15) is 0 Å². The molecule has 0 aliphatic carbocycles. The van der Waals surface area contributed by atoms with Crippen LogP contribution in [0.1, 0.15) is 24.5 Å². The molecule has 0 aromatic heterocycles. The van der Waals surface area contributed by atoms with E-state index in [9.17, 15) is 9.59 Å². The molecule has 1 rings (SSSR count). The van der Waals surface area contributed by atoms with Gasteiger partial charge in [-0.2, -0.15) is 0 Å². The van der Waals surface area contributed by atoms with Crippen molar-refractivity contribution >= 4 is 17.5 Å². The van der Waals surface area contributed by atoms with Crippen molar-refractivity contribution in [2.45, 2.75) is 20.3 Å². The monoisotopic (exact) mass is 274 g/mol. The summed E-state index contributed by atoms with van der Waals surface area (Å²) < 4.78 is 0. The number of carbonyl (C=O) groups excluding carboxylic acids is 2. The summed E-state index contributed by atoms with van der Waals surface area (Å²) in [6.07, 6.45) is 0.382. The van der Waals surface area contributed by atoms with E-state index in [-0.39, 0.29) is 25.0 Å². The Morgan fingerprint density at radius 1 is 1.35 bits per heavy atom. The molecular weight excluding hydrogens is 256 g/mol. The lowest BCUT2D eigenvalue weighted by atomic mass is 10.1. The number of carbonyl (C=O) groups is 2. The third-order valence-corrected chi connectivity index (χ3v) is 2.41. The number of aryl methyl sites for hydroxylation is 1. The number of aliphatic hydroxyl groups is 1. The van der Waals surface area contributed by atoms with Gasteiger partial charge < -0.3 is 15.7 Å². The number of rotatable bonds is 4. The van der Waals surface area contributed by atoms with Crippen molar-refractivity contribution in [3.8, 4) is 11.8 Å². The maximum absolute atomic E-state index is 11.7. The number of hydrogen-bond acceptors (Lipinski definition) is 3. The van der Waals surface area contributed by atoms with Crippen LogP contribution < -0.4 is 10.6 Å². The van der Waals surface area contributed by atoms with E-state index in [1.807, 2.05) is 19.1 Å². The molecule has 0 saturated carbocycles. The molecule has 5 nitrogen and oxygen atoms in total. The maximum atomic E-state index is 11.7. The van der Waals surface area contributed by atoms with Crippen LogP contribution >= 0.6 is 0 Å². The van der Waals surface area contributed by atoms with Gasteiger partial charge in [0.2, 0.25) is 11.8 Å². The number of anilines is 1. The highest BCUT2D eigenvalue weighted by atomic mass is 16.2. The maximum Gasteiger partial charge on any atom is 0.243 e. The molecule has 0 saturated heterocycles. The molecule has 0 spiro atoms. The molecule has 1 aromatic rings. The van der Waals surface area contributed by atoms with Crippen molar-refractivity contribution in [2.24, 2.45) is 0 Å². The number of aliphatic hydroxyl groups excluding tert-OH is 1. The molecule has 2 amide bonds. The minimum absolute atomic E-state index is 0.00302. The topological polar surface area (TPSA) is 78.4 Å². The van der Waals surface area contributed by atoms with E-state index < -0.39 is 0 Å². The predicted molar refractivity (Wildman–Crippen MR) is 77.1 cm³/mol. The van der Waals surface area contributed by atoms with Crippen LogP contribution in [0.25, 0.3) is 0 Å². The molecule has 0 heterocycles. The molecule has 0 radical (unpaired) electrons. The summed E-state index contributed by atoms with van der Waals surface area (Å²) >= 11 is 0. The van der Waals surface area contributed by atoms with Gasteiger partial charge in [0.15, 0.2) is 0 Å². The van der Waals surface area contributed by atoms with Crippen molar-refractivity contribution in [3.63, 3.8) is 0 Å². The van der Waals surface area contributed by atoms with Crippen LogP contribution in [-0.4, -0.2) is 30.1 Å². The standard InChI is InChI=1S/C15H18N2O3/c1-11-6-7-14(13(9-11)5-3-4-8-18)17-15(20)10-16-12(2)19/h6-7,9,18H,4,8,10H2,1-2H3,(H,16,19)(H,17,20). The van der Waals surface area contributed by atoms with Gasteiger partial charge in [0.25, 0.3) is 0 Å². The van der Waals surface area contributed by atoms with Crippen molar-refractivity contribution in [3.05, 3.63) is 29.3 Å². The number of nitrogens with one attached hydrogen (secondary N) is 2. The highest BCUT2D eigenvalue weighted by molar-refractivity contribution is 5.95. The van der Waals surface area contributed by atoms with Crippen LogP contribution in [0, 0.1) is 18.8 Å². The minimum atomic E-state index is -0.311. The number of amides is 2. The summed E-state index contributed by atoms with van der Waals surface area (Å²) in [6.45, 7) is 3.21. The second-order valence-corrected chi connectivity index (χ2v) is 4.28. The Kier molecular flexibility index (Phi) is 6.27. The summed E-state index contributed by atoms with van der Waals surface area (Å²) in [4.78, 5) is 22.4. The largest absolute Gasteiger partial charge is 0.395 e. The molecule has 0 aliphatic heterocycles. The second kappa shape index (κ2) is 7.97. The average Bonchev–Trinajstić information content (AvgIpc) is 2.39. The third-order valence-electron chi connectivity index (χ3n) is 2.41. The zero-order valence-corrected chi connectivity index (χ0v) is 11.6. The lowest BCUT2D eigenvalue weighted by Crippen LogP contribution is -2.31. The first-order valence-electron chi connectivity index (χ1n) is 6.27. The Balaban J connectivity index is 2.81. The molecule has 3 N–H and O–H groups in total. The van der Waals surface area contributed by atoms with Crippen LogP contribution in [0.15, 0.2) is 18.2 Å². The van der Waals surface area contributed by atoms with Gasteiger partial charge in [-0.25, -0.2) is 0 Å². The quantitative estimate of drug-likeness (QED) is 0.711. The van der Waals surface area contributed by atoms with Gasteiger partial charge in [-0.3, -0.25) is 9.59 Å². The molecule has 0 fully saturated rings. The fourth-order valence-corrected chi connectivity index (χ4v) is 1.48. The van der Waals surface area contributed by atoms with Gasteiger partial charge >= 0.3 is 0 Å². The van der Waals surface area contributed by atoms with Gasteiger partial charge in [-0.15, -0.1) is 0 Å². The predicted octanol–water partition coefficient (Wildman–Crippen LogP) is 0.804. The van der Waals surface area contributed by atoms with Crippen molar-refractivity contribution in [1.82, 2.24) is 5.32 Å². The minimum Gasteiger partial charge on any atom is -0.395 e. The van der Waals surface area contributed by atoms with Crippen LogP contribution in [0.5, 0.6) is 0 Å². The van der Waals surface area contributed by atoms with E-state index in [0.29, 0.717) is 17.7 Å².